The monoisotopic (exact) mass is 340 g/mol. The average Bonchev–Trinajstić information content (AvgIpc) is 2.63. The fourth-order valence-electron chi connectivity index (χ4n) is 2.22. The maximum absolute atomic E-state index is 12.1. The molecule has 0 fully saturated rings. The van der Waals surface area contributed by atoms with Crippen molar-refractivity contribution in [1.82, 2.24) is 0 Å². The van der Waals surface area contributed by atoms with Crippen molar-refractivity contribution in [1.29, 1.82) is 0 Å². The molecule has 0 saturated carbocycles. The summed E-state index contributed by atoms with van der Waals surface area (Å²) >= 11 is 0. The van der Waals surface area contributed by atoms with Gasteiger partial charge in [-0.3, -0.25) is 4.79 Å². The molecule has 0 radical (unpaired) electrons. The Morgan fingerprint density at radius 1 is 1.00 bits per heavy atom. The number of esters is 1. The molecule has 0 spiro atoms. The highest BCUT2D eigenvalue weighted by Crippen LogP contribution is 2.27. The van der Waals surface area contributed by atoms with Gasteiger partial charge in [-0.15, -0.1) is 0 Å². The molecule has 0 aliphatic rings. The molecule has 2 rings (SSSR count). The molecule has 2 aromatic carbocycles. The lowest BCUT2D eigenvalue weighted by molar-refractivity contribution is -0.136. The summed E-state index contributed by atoms with van der Waals surface area (Å²) in [5, 5.41) is 0. The molecule has 0 heterocycles. The second-order valence-electron chi connectivity index (χ2n) is 5.35. The molecule has 0 unspecified atom stereocenters. The van der Waals surface area contributed by atoms with Crippen molar-refractivity contribution in [2.24, 2.45) is 0 Å². The molecule has 130 valence electrons. The second-order valence-corrected chi connectivity index (χ2v) is 5.35. The van der Waals surface area contributed by atoms with Gasteiger partial charge in [-0.1, -0.05) is 29.8 Å². The van der Waals surface area contributed by atoms with E-state index >= 15 is 0 Å². The van der Waals surface area contributed by atoms with E-state index in [4.69, 9.17) is 14.2 Å². The van der Waals surface area contributed by atoms with Crippen LogP contribution in [0.4, 0.5) is 0 Å². The molecule has 0 amide bonds. The van der Waals surface area contributed by atoms with E-state index in [-0.39, 0.29) is 12.4 Å². The Hall–Kier alpha value is -3.08. The smallest absolute Gasteiger partial charge is 0.331 e. The van der Waals surface area contributed by atoms with Gasteiger partial charge in [-0.2, -0.15) is 0 Å². The lowest BCUT2D eigenvalue weighted by Gasteiger charge is -2.09. The minimum atomic E-state index is -0.574. The number of ketones is 1. The van der Waals surface area contributed by atoms with Crippen LogP contribution in [-0.2, 0) is 9.53 Å². The van der Waals surface area contributed by atoms with Crippen molar-refractivity contribution in [3.05, 3.63) is 65.2 Å². The van der Waals surface area contributed by atoms with Crippen LogP contribution in [0.2, 0.25) is 0 Å². The van der Waals surface area contributed by atoms with Crippen molar-refractivity contribution in [2.45, 2.75) is 6.92 Å². The summed E-state index contributed by atoms with van der Waals surface area (Å²) in [4.78, 5) is 23.9. The highest BCUT2D eigenvalue weighted by atomic mass is 16.5. The summed E-state index contributed by atoms with van der Waals surface area (Å²) in [5.41, 5.74) is 2.37. The number of hydrogen-bond donors (Lipinski definition) is 0. The van der Waals surface area contributed by atoms with Crippen LogP contribution in [0.3, 0.4) is 0 Å². The number of ether oxygens (including phenoxy) is 3. The van der Waals surface area contributed by atoms with Crippen LogP contribution >= 0.6 is 0 Å². The van der Waals surface area contributed by atoms with E-state index in [1.807, 2.05) is 31.2 Å². The first-order valence-corrected chi connectivity index (χ1v) is 7.70. The lowest BCUT2D eigenvalue weighted by Crippen LogP contribution is -2.12. The van der Waals surface area contributed by atoms with Crippen molar-refractivity contribution in [3.63, 3.8) is 0 Å². The van der Waals surface area contributed by atoms with Crippen LogP contribution in [-0.4, -0.2) is 32.6 Å². The fourth-order valence-corrected chi connectivity index (χ4v) is 2.22. The molecular formula is C20H20O5. The van der Waals surface area contributed by atoms with Crippen molar-refractivity contribution < 1.29 is 23.8 Å². The maximum atomic E-state index is 12.1. The molecule has 0 atom stereocenters. The van der Waals surface area contributed by atoms with E-state index < -0.39 is 5.97 Å². The largest absolute Gasteiger partial charge is 0.493 e. The van der Waals surface area contributed by atoms with Gasteiger partial charge in [0.1, 0.15) is 0 Å². The highest BCUT2D eigenvalue weighted by Gasteiger charge is 2.12. The first-order valence-electron chi connectivity index (χ1n) is 7.70. The van der Waals surface area contributed by atoms with Gasteiger partial charge >= 0.3 is 5.97 Å². The number of carbonyl (C=O) groups is 2. The Bertz CT molecular complexity index is 792. The second kappa shape index (κ2) is 8.68. The van der Waals surface area contributed by atoms with Gasteiger partial charge in [0.2, 0.25) is 0 Å². The quantitative estimate of drug-likeness (QED) is 0.439. The molecule has 0 bridgehead atoms. The molecular weight excluding hydrogens is 320 g/mol. The van der Waals surface area contributed by atoms with Gasteiger partial charge in [0.05, 0.1) is 14.2 Å². The first-order chi connectivity index (χ1) is 12.0. The molecule has 0 aliphatic carbocycles. The summed E-state index contributed by atoms with van der Waals surface area (Å²) in [6.45, 7) is 1.63. The van der Waals surface area contributed by atoms with Crippen LogP contribution in [0.1, 0.15) is 21.5 Å². The molecule has 0 aliphatic heterocycles. The Morgan fingerprint density at radius 2 is 1.76 bits per heavy atom. The van der Waals surface area contributed by atoms with Gasteiger partial charge in [0, 0.05) is 11.6 Å². The zero-order chi connectivity index (χ0) is 18.2. The number of methoxy groups -OCH3 is 2. The highest BCUT2D eigenvalue weighted by molar-refractivity contribution is 5.99. The topological polar surface area (TPSA) is 61.8 Å². The molecule has 0 N–H and O–H groups in total. The van der Waals surface area contributed by atoms with Gasteiger partial charge in [-0.05, 0) is 36.8 Å². The Labute approximate surface area is 146 Å². The van der Waals surface area contributed by atoms with E-state index in [0.717, 1.165) is 11.1 Å². The SMILES string of the molecule is COc1ccc(C(=O)COC(=O)/C=C/c2cccc(C)c2)cc1OC. The van der Waals surface area contributed by atoms with E-state index in [1.54, 1.807) is 24.3 Å². The van der Waals surface area contributed by atoms with E-state index in [9.17, 15) is 9.59 Å². The van der Waals surface area contributed by atoms with Gasteiger partial charge in [-0.25, -0.2) is 4.79 Å². The third-order valence-electron chi connectivity index (χ3n) is 3.51. The van der Waals surface area contributed by atoms with Crippen LogP contribution in [0.25, 0.3) is 6.08 Å². The zero-order valence-electron chi connectivity index (χ0n) is 14.4. The van der Waals surface area contributed by atoms with E-state index in [1.165, 1.54) is 20.3 Å². The minimum absolute atomic E-state index is 0.321. The fraction of sp³-hybridized carbons (Fsp3) is 0.200. The maximum Gasteiger partial charge on any atom is 0.331 e. The number of aryl methyl sites for hydroxylation is 1. The predicted molar refractivity (Wildman–Crippen MR) is 95.0 cm³/mol. The standard InChI is InChI=1S/C20H20O5/c1-14-5-4-6-15(11-14)7-10-20(22)25-13-17(21)16-8-9-18(23-2)19(12-16)24-3/h4-12H,13H2,1-3H3/b10-7+. The summed E-state index contributed by atoms with van der Waals surface area (Å²) in [7, 11) is 3.00. The normalized spacial score (nSPS) is 10.5. The number of hydrogen-bond acceptors (Lipinski definition) is 5. The van der Waals surface area contributed by atoms with Gasteiger partial charge < -0.3 is 14.2 Å². The Morgan fingerprint density at radius 3 is 2.44 bits per heavy atom. The number of rotatable bonds is 7. The zero-order valence-corrected chi connectivity index (χ0v) is 14.4. The van der Waals surface area contributed by atoms with Crippen LogP contribution < -0.4 is 9.47 Å². The third-order valence-corrected chi connectivity index (χ3v) is 3.51. The summed E-state index contributed by atoms with van der Waals surface area (Å²) in [5.74, 6) is 0.0738. The average molecular weight is 340 g/mol. The molecule has 5 heteroatoms. The third kappa shape index (κ3) is 5.21. The Balaban J connectivity index is 1.94. The molecule has 0 aromatic heterocycles. The summed E-state index contributed by atoms with van der Waals surface area (Å²) < 4.78 is 15.3. The molecule has 5 nitrogen and oxygen atoms in total. The van der Waals surface area contributed by atoms with Crippen molar-refractivity contribution in [2.75, 3.05) is 20.8 Å². The lowest BCUT2D eigenvalue weighted by atomic mass is 10.1. The molecule has 0 saturated heterocycles. The van der Waals surface area contributed by atoms with Crippen molar-refractivity contribution >= 4 is 17.8 Å². The summed E-state index contributed by atoms with van der Waals surface area (Å²) in [6, 6.07) is 12.5. The number of Topliss-reactive ketones (excluding diaryl/α,β-unsaturated/α-hetero) is 1. The Kier molecular flexibility index (Phi) is 6.34. The number of carbonyl (C=O) groups excluding carboxylic acids is 2. The van der Waals surface area contributed by atoms with E-state index in [0.29, 0.717) is 17.1 Å². The van der Waals surface area contributed by atoms with Gasteiger partial charge in [0.25, 0.3) is 0 Å². The molecule has 2 aromatic rings. The van der Waals surface area contributed by atoms with Crippen LogP contribution in [0, 0.1) is 6.92 Å². The van der Waals surface area contributed by atoms with Crippen molar-refractivity contribution in [3.8, 4) is 11.5 Å². The van der Waals surface area contributed by atoms with Crippen LogP contribution in [0.5, 0.6) is 11.5 Å². The van der Waals surface area contributed by atoms with Crippen LogP contribution in [0.15, 0.2) is 48.5 Å². The van der Waals surface area contributed by atoms with Gasteiger partial charge in [0.15, 0.2) is 23.9 Å². The number of benzene rings is 2. The first kappa shape index (κ1) is 18.3. The van der Waals surface area contributed by atoms with E-state index in [2.05, 4.69) is 0 Å². The predicted octanol–water partition coefficient (Wildman–Crippen LogP) is 3.45. The minimum Gasteiger partial charge on any atom is -0.493 e. The summed E-state index contributed by atoms with van der Waals surface area (Å²) in [6.07, 6.45) is 2.95. The molecule has 25 heavy (non-hydrogen) atoms.